The maximum absolute atomic E-state index is 13.2. The molecule has 198 valence electrons. The van der Waals surface area contributed by atoms with E-state index in [1.807, 2.05) is 37.3 Å². The van der Waals surface area contributed by atoms with Gasteiger partial charge in [0, 0.05) is 24.8 Å². The standard InChI is InChI=1S/C25H29ClN10O2/c1-14(27)18(33-19(26)20(28)29)22(37)34-24-31-13-25(35-24)8-10-36(11-9-25)23(38)17-12-30-21(32-15(17)2)16-6-4-3-5-7-16/h3-7,12H,1,8-11,13,27-29H2,2H3,(H2,31,34,35,37). The van der Waals surface area contributed by atoms with E-state index in [1.54, 1.807) is 11.1 Å². The molecular formula is C25H29ClN10O2. The highest BCUT2D eigenvalue weighted by Crippen LogP contribution is 2.27. The van der Waals surface area contributed by atoms with Gasteiger partial charge in [-0.25, -0.2) is 15.0 Å². The Balaban J connectivity index is 1.36. The zero-order valence-corrected chi connectivity index (χ0v) is 21.6. The van der Waals surface area contributed by atoms with Gasteiger partial charge in [0.05, 0.1) is 29.0 Å². The summed E-state index contributed by atoms with van der Waals surface area (Å²) in [5.41, 5.74) is 17.7. The molecule has 12 nitrogen and oxygen atoms in total. The third-order valence-electron chi connectivity index (χ3n) is 6.37. The van der Waals surface area contributed by atoms with Gasteiger partial charge in [-0.3, -0.25) is 19.9 Å². The van der Waals surface area contributed by atoms with Crippen LogP contribution in [0.15, 0.2) is 69.8 Å². The van der Waals surface area contributed by atoms with Gasteiger partial charge in [0.15, 0.2) is 22.7 Å². The fraction of sp³-hybridized carbons (Fsp3) is 0.280. The Morgan fingerprint density at radius 2 is 1.87 bits per heavy atom. The lowest BCUT2D eigenvalue weighted by atomic mass is 9.88. The van der Waals surface area contributed by atoms with E-state index in [9.17, 15) is 9.59 Å². The van der Waals surface area contributed by atoms with Gasteiger partial charge < -0.3 is 27.4 Å². The maximum atomic E-state index is 13.2. The number of guanidine groups is 1. The molecule has 2 aliphatic rings. The number of aryl methyl sites for hydroxylation is 1. The van der Waals surface area contributed by atoms with Crippen molar-refractivity contribution in [2.75, 3.05) is 19.6 Å². The van der Waals surface area contributed by atoms with Crippen LogP contribution < -0.4 is 27.8 Å². The van der Waals surface area contributed by atoms with Crippen molar-refractivity contribution in [2.24, 2.45) is 27.2 Å². The van der Waals surface area contributed by atoms with E-state index >= 15 is 0 Å². The third kappa shape index (κ3) is 5.75. The number of hydrogen-bond donors (Lipinski definition) is 5. The van der Waals surface area contributed by atoms with Gasteiger partial charge in [-0.1, -0.05) is 48.5 Å². The molecule has 13 heteroatoms. The van der Waals surface area contributed by atoms with E-state index in [0.717, 1.165) is 5.56 Å². The lowest BCUT2D eigenvalue weighted by Crippen LogP contribution is -2.57. The minimum absolute atomic E-state index is 0.113. The maximum Gasteiger partial charge on any atom is 0.278 e. The number of carbonyl (C=O) groups excluding carboxylic acids is 2. The number of rotatable bonds is 5. The van der Waals surface area contributed by atoms with E-state index in [0.29, 0.717) is 49.6 Å². The highest BCUT2D eigenvalue weighted by molar-refractivity contribution is 6.48. The molecule has 1 aromatic heterocycles. The average Bonchev–Trinajstić information content (AvgIpc) is 3.28. The van der Waals surface area contributed by atoms with E-state index < -0.39 is 11.4 Å². The quantitative estimate of drug-likeness (QED) is 0.272. The molecule has 0 unspecified atom stereocenters. The van der Waals surface area contributed by atoms with Crippen LogP contribution in [0.4, 0.5) is 0 Å². The first-order valence-electron chi connectivity index (χ1n) is 11.8. The van der Waals surface area contributed by atoms with Crippen LogP contribution in [0.25, 0.3) is 11.4 Å². The highest BCUT2D eigenvalue weighted by Gasteiger charge is 2.40. The van der Waals surface area contributed by atoms with Crippen molar-refractivity contribution >= 4 is 35.1 Å². The number of amides is 2. The fourth-order valence-corrected chi connectivity index (χ4v) is 4.31. The SMILES string of the molecule is C=C(N)C(=NC(Cl)=C(N)N)C(=O)NC1=NCC2(CCN(C(=O)c3cnc(-c4ccccc4)nc3C)CC2)N1. The van der Waals surface area contributed by atoms with Gasteiger partial charge in [-0.2, -0.15) is 0 Å². The second-order valence-electron chi connectivity index (χ2n) is 9.11. The number of carbonyl (C=O) groups is 2. The summed E-state index contributed by atoms with van der Waals surface area (Å²) in [6.07, 6.45) is 2.85. The Morgan fingerprint density at radius 1 is 1.18 bits per heavy atom. The largest absolute Gasteiger partial charge is 0.397 e. The Hall–Kier alpha value is -4.45. The molecule has 38 heavy (non-hydrogen) atoms. The highest BCUT2D eigenvalue weighted by atomic mass is 35.5. The molecule has 1 saturated heterocycles. The van der Waals surface area contributed by atoms with Crippen molar-refractivity contribution in [3.05, 3.63) is 71.0 Å². The summed E-state index contributed by atoms with van der Waals surface area (Å²) < 4.78 is 0. The molecule has 1 spiro atoms. The zero-order chi connectivity index (χ0) is 27.4. The number of benzene rings is 1. The topological polar surface area (TPSA) is 190 Å². The van der Waals surface area contributed by atoms with Gasteiger partial charge in [-0.15, -0.1) is 0 Å². The molecule has 0 atom stereocenters. The lowest BCUT2D eigenvalue weighted by Gasteiger charge is -2.39. The summed E-state index contributed by atoms with van der Waals surface area (Å²) in [6, 6.07) is 9.61. The number of nitrogens with two attached hydrogens (primary N) is 3. The number of aromatic nitrogens is 2. The van der Waals surface area contributed by atoms with Crippen LogP contribution in [0.1, 0.15) is 28.9 Å². The predicted octanol–water partition coefficient (Wildman–Crippen LogP) is 0.698. The van der Waals surface area contributed by atoms with Gasteiger partial charge in [0.25, 0.3) is 11.8 Å². The van der Waals surface area contributed by atoms with E-state index in [1.165, 1.54) is 0 Å². The second kappa shape index (κ2) is 10.9. The van der Waals surface area contributed by atoms with Crippen molar-refractivity contribution in [2.45, 2.75) is 25.3 Å². The minimum atomic E-state index is -0.665. The van der Waals surface area contributed by atoms with Crippen molar-refractivity contribution in [1.29, 1.82) is 0 Å². The Kier molecular flexibility index (Phi) is 7.62. The normalized spacial score (nSPS) is 16.4. The molecule has 2 aromatic rings. The summed E-state index contributed by atoms with van der Waals surface area (Å²) in [4.78, 5) is 44.9. The minimum Gasteiger partial charge on any atom is -0.397 e. The molecule has 1 fully saturated rings. The van der Waals surface area contributed by atoms with Gasteiger partial charge in [-0.05, 0) is 19.8 Å². The molecular weight excluding hydrogens is 508 g/mol. The van der Waals surface area contributed by atoms with Crippen molar-refractivity contribution in [1.82, 2.24) is 25.5 Å². The number of aliphatic imine (C=N–C) groups is 2. The molecule has 0 radical (unpaired) electrons. The van der Waals surface area contributed by atoms with Crippen LogP contribution >= 0.6 is 11.6 Å². The molecule has 2 amide bonds. The number of hydrogen-bond acceptors (Lipinski definition) is 10. The lowest BCUT2D eigenvalue weighted by molar-refractivity contribution is -0.113. The first-order chi connectivity index (χ1) is 18.1. The van der Waals surface area contributed by atoms with Crippen LogP contribution in [0.3, 0.4) is 0 Å². The molecule has 3 heterocycles. The van der Waals surface area contributed by atoms with Crippen LogP contribution in [-0.2, 0) is 4.79 Å². The van der Waals surface area contributed by atoms with Crippen LogP contribution in [-0.4, -0.2) is 63.5 Å². The Bertz CT molecular complexity index is 1360. The van der Waals surface area contributed by atoms with E-state index in [-0.39, 0.29) is 34.3 Å². The Labute approximate surface area is 224 Å². The summed E-state index contributed by atoms with van der Waals surface area (Å²) in [7, 11) is 0. The van der Waals surface area contributed by atoms with Gasteiger partial charge in [0.1, 0.15) is 5.82 Å². The molecule has 0 bridgehead atoms. The number of halogens is 1. The van der Waals surface area contributed by atoms with Gasteiger partial charge in [0.2, 0.25) is 0 Å². The summed E-state index contributed by atoms with van der Waals surface area (Å²) in [5.74, 6) is -0.192. The summed E-state index contributed by atoms with van der Waals surface area (Å²) in [6.45, 7) is 6.80. The first kappa shape index (κ1) is 26.6. The van der Waals surface area contributed by atoms with Crippen LogP contribution in [0, 0.1) is 6.92 Å². The number of nitrogens with zero attached hydrogens (tertiary/aromatic N) is 5. The van der Waals surface area contributed by atoms with Crippen molar-refractivity contribution < 1.29 is 9.59 Å². The smallest absolute Gasteiger partial charge is 0.278 e. The monoisotopic (exact) mass is 536 g/mol. The van der Waals surface area contributed by atoms with Crippen molar-refractivity contribution in [3.63, 3.8) is 0 Å². The fourth-order valence-electron chi connectivity index (χ4n) is 4.22. The van der Waals surface area contributed by atoms with E-state index in [2.05, 4.69) is 37.2 Å². The predicted molar refractivity (Wildman–Crippen MR) is 146 cm³/mol. The van der Waals surface area contributed by atoms with Crippen molar-refractivity contribution in [3.8, 4) is 11.4 Å². The third-order valence-corrected chi connectivity index (χ3v) is 6.67. The van der Waals surface area contributed by atoms with Crippen LogP contribution in [0.5, 0.6) is 0 Å². The second-order valence-corrected chi connectivity index (χ2v) is 9.47. The first-order valence-corrected chi connectivity index (χ1v) is 12.2. The zero-order valence-electron chi connectivity index (χ0n) is 20.9. The molecule has 0 aliphatic carbocycles. The number of likely N-dealkylation sites (tertiary alicyclic amines) is 1. The summed E-state index contributed by atoms with van der Waals surface area (Å²) >= 11 is 5.84. The molecule has 0 saturated carbocycles. The number of piperidine rings is 1. The molecule has 2 aliphatic heterocycles. The average molecular weight is 537 g/mol. The van der Waals surface area contributed by atoms with E-state index in [4.69, 9.17) is 28.8 Å². The summed E-state index contributed by atoms with van der Waals surface area (Å²) in [5, 5.41) is 5.64. The number of nitrogens with one attached hydrogen (secondary N) is 2. The Morgan fingerprint density at radius 3 is 2.47 bits per heavy atom. The molecule has 1 aromatic carbocycles. The molecule has 8 N–H and O–H groups in total. The molecule has 4 rings (SSSR count). The van der Waals surface area contributed by atoms with Crippen LogP contribution in [0.2, 0.25) is 0 Å². The van der Waals surface area contributed by atoms with Gasteiger partial charge >= 0.3 is 0 Å².